The maximum atomic E-state index is 15.6. The molecule has 0 radical (unpaired) electrons. The van der Waals surface area contributed by atoms with Gasteiger partial charge < -0.3 is 54.0 Å². The van der Waals surface area contributed by atoms with Crippen molar-refractivity contribution < 1.29 is 72.5 Å². The Labute approximate surface area is 362 Å². The molecule has 11 atom stereocenters. The number of esters is 3. The molecule has 1 heterocycles. The zero-order valence-electron chi connectivity index (χ0n) is 37.8. The van der Waals surface area contributed by atoms with Crippen LogP contribution in [0.1, 0.15) is 98.0 Å². The van der Waals surface area contributed by atoms with Crippen molar-refractivity contribution >= 4 is 35.9 Å². The Morgan fingerprint density at radius 2 is 1.66 bits per heavy atom. The summed E-state index contributed by atoms with van der Waals surface area (Å²) in [4.78, 5) is 84.7. The number of alkyl carbamates (subject to hydrolysis) is 1. The minimum Gasteiger partial charge on any atom is -0.456 e. The van der Waals surface area contributed by atoms with Gasteiger partial charge in [-0.3, -0.25) is 9.59 Å². The number of Topliss-reactive ketones (excluding diaryl/α,β-unsaturated/α-hetero) is 1. The minimum atomic E-state index is -2.41. The average molecular weight is 871 g/mol. The number of carbonyl (C=O) groups excluding carboxylic acids is 6. The Kier molecular flexibility index (Phi) is 13.2. The molecule has 1 aromatic rings. The predicted octanol–water partition coefficient (Wildman–Crippen LogP) is 3.87. The number of nitrogens with one attached hydrogen (secondary N) is 1. The fourth-order valence-corrected chi connectivity index (χ4v) is 9.63. The highest BCUT2D eigenvalue weighted by molar-refractivity contribution is 5.95. The molecule has 3 aliphatic carbocycles. The van der Waals surface area contributed by atoms with Crippen LogP contribution in [0.15, 0.2) is 47.1 Å². The van der Waals surface area contributed by atoms with Crippen LogP contribution in [0.4, 0.5) is 9.59 Å². The lowest BCUT2D eigenvalue weighted by molar-refractivity contribution is -0.345. The maximum Gasteiger partial charge on any atom is 0.410 e. The second kappa shape index (κ2) is 17.0. The fourth-order valence-electron chi connectivity index (χ4n) is 9.63. The van der Waals surface area contributed by atoms with Gasteiger partial charge >= 0.3 is 30.1 Å². The maximum absolute atomic E-state index is 15.6. The van der Waals surface area contributed by atoms with Crippen LogP contribution in [-0.4, -0.2) is 136 Å². The highest BCUT2D eigenvalue weighted by Gasteiger charge is 2.78. The van der Waals surface area contributed by atoms with E-state index in [1.807, 2.05) is 0 Å². The second-order valence-corrected chi connectivity index (χ2v) is 19.2. The third-order valence-electron chi connectivity index (χ3n) is 12.8. The van der Waals surface area contributed by atoms with Gasteiger partial charge in [0.25, 0.3) is 0 Å². The molecule has 3 fully saturated rings. The molecule has 2 saturated carbocycles. The number of carbonyl (C=O) groups is 6. The first-order valence-corrected chi connectivity index (χ1v) is 20.7. The molecule has 5 rings (SSSR count). The normalized spacial score (nSPS) is 32.1. The number of amides is 2. The zero-order chi connectivity index (χ0) is 46.7. The molecule has 2 bridgehead atoms. The van der Waals surface area contributed by atoms with Gasteiger partial charge in [0.15, 0.2) is 23.6 Å². The number of aliphatic hydroxyl groups excluding tert-OH is 2. The van der Waals surface area contributed by atoms with Crippen molar-refractivity contribution in [2.75, 3.05) is 20.7 Å². The lowest BCUT2D eigenvalue weighted by atomic mass is 9.44. The quantitative estimate of drug-likeness (QED) is 0.157. The number of fused-ring (bicyclic) bond motifs is 5. The summed E-state index contributed by atoms with van der Waals surface area (Å²) in [5.41, 5.74) is -7.36. The molecule has 1 saturated heterocycles. The van der Waals surface area contributed by atoms with E-state index in [0.717, 1.165) is 11.8 Å². The highest BCUT2D eigenvalue weighted by atomic mass is 16.6. The van der Waals surface area contributed by atoms with Crippen molar-refractivity contribution in [2.45, 2.75) is 148 Å². The van der Waals surface area contributed by atoms with Gasteiger partial charge in [-0.1, -0.05) is 43.2 Å². The fraction of sp³-hybridized carbons (Fsp3) is 0.644. The first kappa shape index (κ1) is 48.2. The number of allylic oxidation sites excluding steroid dienone is 1. The van der Waals surface area contributed by atoms with Crippen LogP contribution in [0, 0.1) is 23.7 Å². The summed E-state index contributed by atoms with van der Waals surface area (Å²) in [6.07, 6.45) is -11.1. The van der Waals surface area contributed by atoms with E-state index in [0.29, 0.717) is 11.1 Å². The minimum absolute atomic E-state index is 0.0246. The number of hydrogen-bond acceptors (Lipinski definition) is 15. The van der Waals surface area contributed by atoms with Gasteiger partial charge in [0.05, 0.1) is 35.6 Å². The van der Waals surface area contributed by atoms with E-state index in [1.165, 1.54) is 40.1 Å². The van der Waals surface area contributed by atoms with E-state index < -0.39 is 119 Å². The van der Waals surface area contributed by atoms with E-state index in [-0.39, 0.29) is 29.7 Å². The number of benzene rings is 1. The average Bonchev–Trinajstić information content (AvgIpc) is 3.14. The van der Waals surface area contributed by atoms with Gasteiger partial charge in [-0.2, -0.15) is 0 Å². The molecule has 0 aromatic heterocycles. The van der Waals surface area contributed by atoms with Crippen molar-refractivity contribution in [3.8, 4) is 0 Å². The van der Waals surface area contributed by atoms with Crippen LogP contribution in [-0.2, 0) is 42.8 Å². The molecule has 0 spiro atoms. The number of ketones is 1. The summed E-state index contributed by atoms with van der Waals surface area (Å²) < 4.78 is 35.8. The first-order valence-electron chi connectivity index (χ1n) is 20.7. The number of aliphatic hydroxyl groups is 3. The summed E-state index contributed by atoms with van der Waals surface area (Å²) in [5.74, 6) is -5.42. The summed E-state index contributed by atoms with van der Waals surface area (Å²) in [5, 5.41) is 39.9. The Balaban J connectivity index is 1.76. The van der Waals surface area contributed by atoms with Crippen LogP contribution in [0.25, 0.3) is 0 Å². The Hall–Kier alpha value is -4.84. The van der Waals surface area contributed by atoms with Crippen LogP contribution in [0.3, 0.4) is 0 Å². The Morgan fingerprint density at radius 3 is 2.19 bits per heavy atom. The van der Waals surface area contributed by atoms with Crippen molar-refractivity contribution in [1.82, 2.24) is 10.2 Å². The van der Waals surface area contributed by atoms with E-state index in [2.05, 4.69) is 5.32 Å². The van der Waals surface area contributed by atoms with Gasteiger partial charge in [-0.15, -0.1) is 0 Å². The summed E-state index contributed by atoms with van der Waals surface area (Å²) in [6.45, 7) is 16.9. The summed E-state index contributed by atoms with van der Waals surface area (Å²) >= 11 is 0. The predicted molar refractivity (Wildman–Crippen MR) is 220 cm³/mol. The number of nitrogens with zero attached hydrogens (tertiary/aromatic N) is 1. The van der Waals surface area contributed by atoms with Crippen LogP contribution in [0.2, 0.25) is 0 Å². The number of rotatable bonds is 9. The van der Waals surface area contributed by atoms with E-state index in [1.54, 1.807) is 73.6 Å². The van der Waals surface area contributed by atoms with E-state index in [4.69, 9.17) is 28.4 Å². The lowest BCUT2D eigenvalue weighted by Gasteiger charge is -2.67. The first-order chi connectivity index (χ1) is 28.5. The number of hydrogen-bond donors (Lipinski definition) is 4. The zero-order valence-corrected chi connectivity index (χ0v) is 37.8. The lowest BCUT2D eigenvalue weighted by Crippen LogP contribution is -2.82. The Bertz CT molecular complexity index is 2050. The van der Waals surface area contributed by atoms with Gasteiger partial charge in [0.1, 0.15) is 29.5 Å². The van der Waals surface area contributed by atoms with E-state index >= 15 is 4.79 Å². The second-order valence-electron chi connectivity index (χ2n) is 19.2. The molecule has 4 N–H and O–H groups in total. The SMILES string of the molecule is CC(=O)O[C@@]12CO[C@@H]1C[C@H](O)[C@@]1(C)C(=O)[C@H](OC(=O)N(C)C)C3=C(C)[C@@H](OC(=O)[C@H](O)[C@H](C=C(C)C)NC(=O)OC(C)(C)C)C[C@@](O)([C@@H](OC(=O)c4cccc(C)c4)[C@H]21)C3(C)C. The molecular weight excluding hydrogens is 808 g/mol. The molecular formula is C45H62N2O15. The van der Waals surface area contributed by atoms with Crippen molar-refractivity contribution in [3.63, 3.8) is 0 Å². The monoisotopic (exact) mass is 870 g/mol. The van der Waals surface area contributed by atoms with E-state index in [9.17, 15) is 39.3 Å². The molecule has 342 valence electrons. The third kappa shape index (κ3) is 8.60. The Morgan fingerprint density at radius 1 is 1.02 bits per heavy atom. The highest BCUT2D eigenvalue weighted by Crippen LogP contribution is 2.64. The molecule has 17 heteroatoms. The standard InChI is InChI=1S/C45H62N2O15/c1-22(2)17-27(46-39(54)62-41(6,7)8)32(50)38(53)58-28-20-45(56)36(60-37(52)26-16-14-15-23(3)18-26)34-43(11,29(49)19-30-44(34,21-57-30)61-25(5)48)35(51)33(59-40(55)47(12)13)31(24(28)4)42(45,9)10/h14-18,27-30,32-34,36,49-50,56H,19-21H2,1-13H3,(H,46,54)/t27-,28-,29-,30+,32+,33+,34-,36-,43+,44-,45+/m0/s1. The molecule has 62 heavy (non-hydrogen) atoms. The molecule has 4 aliphatic rings. The molecule has 1 aromatic carbocycles. The summed E-state index contributed by atoms with van der Waals surface area (Å²) in [7, 11) is 2.79. The largest absolute Gasteiger partial charge is 0.456 e. The molecule has 2 amide bonds. The number of ether oxygens (including phenoxy) is 6. The van der Waals surface area contributed by atoms with Crippen LogP contribution >= 0.6 is 0 Å². The van der Waals surface area contributed by atoms with Crippen molar-refractivity contribution in [3.05, 3.63) is 58.2 Å². The topological polar surface area (TPSA) is 234 Å². The van der Waals surface area contributed by atoms with Gasteiger partial charge in [0, 0.05) is 39.3 Å². The summed E-state index contributed by atoms with van der Waals surface area (Å²) in [6, 6.07) is 5.09. The van der Waals surface area contributed by atoms with Gasteiger partial charge in [0.2, 0.25) is 0 Å². The van der Waals surface area contributed by atoms with Gasteiger partial charge in [-0.05, 0) is 78.7 Å². The number of aryl methyl sites for hydroxylation is 1. The van der Waals surface area contributed by atoms with Crippen molar-refractivity contribution in [1.29, 1.82) is 0 Å². The molecule has 17 nitrogen and oxygen atoms in total. The molecule has 1 aliphatic heterocycles. The van der Waals surface area contributed by atoms with Crippen LogP contribution in [0.5, 0.6) is 0 Å². The van der Waals surface area contributed by atoms with Crippen molar-refractivity contribution in [2.24, 2.45) is 16.7 Å². The van der Waals surface area contributed by atoms with Crippen LogP contribution < -0.4 is 5.32 Å². The van der Waals surface area contributed by atoms with Gasteiger partial charge in [-0.25, -0.2) is 19.2 Å². The molecule has 0 unspecified atom stereocenters. The smallest absolute Gasteiger partial charge is 0.410 e. The third-order valence-corrected chi connectivity index (χ3v) is 12.8.